The maximum absolute atomic E-state index is 6.05. The van der Waals surface area contributed by atoms with Crippen LogP contribution in [0.1, 0.15) is 118 Å². The van der Waals surface area contributed by atoms with Crippen LogP contribution < -0.4 is 0 Å². The van der Waals surface area contributed by atoms with Crippen molar-refractivity contribution in [2.75, 3.05) is 13.2 Å². The highest BCUT2D eigenvalue weighted by atomic mass is 16.7. The van der Waals surface area contributed by atoms with Crippen molar-refractivity contribution in [1.82, 2.24) is 0 Å². The van der Waals surface area contributed by atoms with Crippen LogP contribution in [0, 0.1) is 5.41 Å². The molecule has 0 N–H and O–H groups in total. The van der Waals surface area contributed by atoms with Crippen molar-refractivity contribution in [2.45, 2.75) is 124 Å². The molecule has 146 valence electrons. The Morgan fingerprint density at radius 1 is 0.583 bits per heavy atom. The van der Waals surface area contributed by atoms with E-state index in [9.17, 15) is 0 Å². The van der Waals surface area contributed by atoms with Gasteiger partial charge in [-0.1, -0.05) is 98.8 Å². The summed E-state index contributed by atoms with van der Waals surface area (Å²) in [6.07, 6.45) is 16.7. The van der Waals surface area contributed by atoms with E-state index in [-0.39, 0.29) is 11.7 Å². The lowest BCUT2D eigenvalue weighted by Crippen LogP contribution is -2.25. The monoisotopic (exact) mass is 342 g/mol. The third-order valence-corrected chi connectivity index (χ3v) is 4.38. The minimum atomic E-state index is -0.0173. The minimum absolute atomic E-state index is 0.0173. The predicted octanol–water partition coefficient (Wildman–Crippen LogP) is 7.50. The molecule has 0 saturated carbocycles. The minimum Gasteiger partial charge on any atom is -0.353 e. The number of hydrogen-bond donors (Lipinski definition) is 0. The second-order valence-corrected chi connectivity index (χ2v) is 8.47. The number of ether oxygens (including phenoxy) is 2. The number of rotatable bonds is 17. The molecule has 0 atom stereocenters. The SMILES string of the molecule is CCCCCCCCOC(CC(C)(C)C)OCCCCCCCC. The van der Waals surface area contributed by atoms with Crippen LogP contribution in [0.4, 0.5) is 0 Å². The zero-order valence-electron chi connectivity index (χ0n) is 17.5. The molecule has 0 spiro atoms. The van der Waals surface area contributed by atoms with E-state index < -0.39 is 0 Å². The Kier molecular flexibility index (Phi) is 16.3. The Balaban J connectivity index is 3.77. The molecule has 0 rings (SSSR count). The van der Waals surface area contributed by atoms with E-state index in [1.165, 1.54) is 77.0 Å². The molecule has 0 fully saturated rings. The first kappa shape index (κ1) is 23.9. The Bertz CT molecular complexity index is 227. The summed E-state index contributed by atoms with van der Waals surface area (Å²) >= 11 is 0. The molecule has 0 bridgehead atoms. The van der Waals surface area contributed by atoms with Crippen LogP contribution in [-0.4, -0.2) is 19.5 Å². The predicted molar refractivity (Wildman–Crippen MR) is 107 cm³/mol. The molecular weight excluding hydrogens is 296 g/mol. The molecule has 24 heavy (non-hydrogen) atoms. The summed E-state index contributed by atoms with van der Waals surface area (Å²) in [7, 11) is 0. The largest absolute Gasteiger partial charge is 0.353 e. The van der Waals surface area contributed by atoms with Crippen LogP contribution in [0.25, 0.3) is 0 Å². The molecule has 0 aromatic carbocycles. The van der Waals surface area contributed by atoms with Gasteiger partial charge in [-0.15, -0.1) is 0 Å². The normalized spacial score (nSPS) is 12.2. The highest BCUT2D eigenvalue weighted by Gasteiger charge is 2.19. The van der Waals surface area contributed by atoms with Crippen molar-refractivity contribution in [1.29, 1.82) is 0 Å². The second kappa shape index (κ2) is 16.4. The van der Waals surface area contributed by atoms with Crippen LogP contribution in [-0.2, 0) is 9.47 Å². The third kappa shape index (κ3) is 18.3. The van der Waals surface area contributed by atoms with Gasteiger partial charge in [-0.25, -0.2) is 0 Å². The van der Waals surface area contributed by atoms with Gasteiger partial charge in [0.15, 0.2) is 6.29 Å². The first-order chi connectivity index (χ1) is 11.5. The van der Waals surface area contributed by atoms with Gasteiger partial charge in [-0.2, -0.15) is 0 Å². The molecule has 0 heterocycles. The summed E-state index contributed by atoms with van der Waals surface area (Å²) in [5.74, 6) is 0. The van der Waals surface area contributed by atoms with Gasteiger partial charge in [0, 0.05) is 19.6 Å². The quantitative estimate of drug-likeness (QED) is 0.201. The van der Waals surface area contributed by atoms with Crippen LogP contribution in [0.15, 0.2) is 0 Å². The lowest BCUT2D eigenvalue weighted by molar-refractivity contribution is -0.159. The van der Waals surface area contributed by atoms with Crippen molar-refractivity contribution in [3.63, 3.8) is 0 Å². The summed E-state index contributed by atoms with van der Waals surface area (Å²) < 4.78 is 12.1. The van der Waals surface area contributed by atoms with Gasteiger partial charge < -0.3 is 9.47 Å². The van der Waals surface area contributed by atoms with Gasteiger partial charge >= 0.3 is 0 Å². The molecule has 0 unspecified atom stereocenters. The van der Waals surface area contributed by atoms with E-state index in [1.54, 1.807) is 0 Å². The van der Waals surface area contributed by atoms with Crippen molar-refractivity contribution in [2.24, 2.45) is 5.41 Å². The highest BCUT2D eigenvalue weighted by Crippen LogP contribution is 2.23. The van der Waals surface area contributed by atoms with Crippen molar-refractivity contribution in [3.8, 4) is 0 Å². The zero-order chi connectivity index (χ0) is 18.1. The molecule has 0 aliphatic carbocycles. The summed E-state index contributed by atoms with van der Waals surface area (Å²) in [6.45, 7) is 13.0. The molecule has 0 amide bonds. The van der Waals surface area contributed by atoms with E-state index in [0.29, 0.717) is 0 Å². The van der Waals surface area contributed by atoms with Crippen LogP contribution in [0.5, 0.6) is 0 Å². The standard InChI is InChI=1S/C22H46O2/c1-6-8-10-12-14-16-18-23-21(20-22(3,4)5)24-19-17-15-13-11-9-7-2/h21H,6-20H2,1-5H3. The highest BCUT2D eigenvalue weighted by molar-refractivity contribution is 4.64. The number of unbranched alkanes of at least 4 members (excludes halogenated alkanes) is 10. The van der Waals surface area contributed by atoms with Gasteiger partial charge in [0.1, 0.15) is 0 Å². The lowest BCUT2D eigenvalue weighted by Gasteiger charge is -2.26. The summed E-state index contributed by atoms with van der Waals surface area (Å²) in [6, 6.07) is 0. The van der Waals surface area contributed by atoms with E-state index in [2.05, 4.69) is 34.6 Å². The summed E-state index contributed by atoms with van der Waals surface area (Å²) in [5, 5.41) is 0. The maximum Gasteiger partial charge on any atom is 0.158 e. The Morgan fingerprint density at radius 2 is 0.958 bits per heavy atom. The molecule has 0 radical (unpaired) electrons. The van der Waals surface area contributed by atoms with E-state index in [0.717, 1.165) is 19.6 Å². The molecule has 0 aliphatic heterocycles. The summed E-state index contributed by atoms with van der Waals surface area (Å²) in [4.78, 5) is 0. The molecular formula is C22H46O2. The molecule has 2 nitrogen and oxygen atoms in total. The molecule has 0 saturated heterocycles. The second-order valence-electron chi connectivity index (χ2n) is 8.47. The van der Waals surface area contributed by atoms with Gasteiger partial charge in [0.2, 0.25) is 0 Å². The average Bonchev–Trinajstić information content (AvgIpc) is 2.51. The third-order valence-electron chi connectivity index (χ3n) is 4.38. The first-order valence-corrected chi connectivity index (χ1v) is 10.7. The first-order valence-electron chi connectivity index (χ1n) is 10.7. The number of hydrogen-bond acceptors (Lipinski definition) is 2. The van der Waals surface area contributed by atoms with Gasteiger partial charge in [-0.05, 0) is 18.3 Å². The van der Waals surface area contributed by atoms with Gasteiger partial charge in [-0.3, -0.25) is 0 Å². The average molecular weight is 343 g/mol. The fraction of sp³-hybridized carbons (Fsp3) is 1.00. The van der Waals surface area contributed by atoms with E-state index >= 15 is 0 Å². The molecule has 0 aliphatic rings. The fourth-order valence-corrected chi connectivity index (χ4v) is 2.86. The Hall–Kier alpha value is -0.0800. The Morgan fingerprint density at radius 3 is 1.33 bits per heavy atom. The van der Waals surface area contributed by atoms with Crippen molar-refractivity contribution < 1.29 is 9.47 Å². The smallest absolute Gasteiger partial charge is 0.158 e. The van der Waals surface area contributed by atoms with Crippen LogP contribution in [0.2, 0.25) is 0 Å². The van der Waals surface area contributed by atoms with Crippen molar-refractivity contribution >= 4 is 0 Å². The fourth-order valence-electron chi connectivity index (χ4n) is 2.86. The van der Waals surface area contributed by atoms with E-state index in [1.807, 2.05) is 0 Å². The molecule has 0 aromatic rings. The van der Waals surface area contributed by atoms with Gasteiger partial charge in [0.05, 0.1) is 0 Å². The van der Waals surface area contributed by atoms with Crippen LogP contribution >= 0.6 is 0 Å². The van der Waals surface area contributed by atoms with E-state index in [4.69, 9.17) is 9.47 Å². The maximum atomic E-state index is 6.05. The summed E-state index contributed by atoms with van der Waals surface area (Å²) in [5.41, 5.74) is 0.257. The van der Waals surface area contributed by atoms with Crippen molar-refractivity contribution in [3.05, 3.63) is 0 Å². The molecule has 2 heteroatoms. The molecule has 0 aromatic heterocycles. The van der Waals surface area contributed by atoms with Gasteiger partial charge in [0.25, 0.3) is 0 Å². The Labute approximate surface area is 153 Å². The zero-order valence-corrected chi connectivity index (χ0v) is 17.5. The lowest BCUT2D eigenvalue weighted by atomic mass is 9.92. The topological polar surface area (TPSA) is 18.5 Å². The van der Waals surface area contributed by atoms with Crippen LogP contribution in [0.3, 0.4) is 0 Å².